The number of amides is 2. The highest BCUT2D eigenvalue weighted by Gasteiger charge is 2.35. The molecular weight excluding hydrogens is 598 g/mol. The summed E-state index contributed by atoms with van der Waals surface area (Å²) in [6.07, 6.45) is 0.956. The van der Waals surface area contributed by atoms with Crippen LogP contribution in [0.15, 0.2) is 108 Å². The number of rotatable bonds is 14. The zero-order valence-electron chi connectivity index (χ0n) is 27.1. The van der Waals surface area contributed by atoms with E-state index in [0.29, 0.717) is 17.9 Å². The second kappa shape index (κ2) is 15.6. The molecule has 242 valence electrons. The van der Waals surface area contributed by atoms with Gasteiger partial charge in [0.15, 0.2) is 0 Å². The van der Waals surface area contributed by atoms with Gasteiger partial charge in [0, 0.05) is 19.0 Å². The van der Waals surface area contributed by atoms with Crippen molar-refractivity contribution < 1.29 is 22.7 Å². The maximum Gasteiger partial charge on any atom is 0.264 e. The van der Waals surface area contributed by atoms with Crippen LogP contribution in [0.3, 0.4) is 0 Å². The van der Waals surface area contributed by atoms with Gasteiger partial charge >= 0.3 is 0 Å². The third kappa shape index (κ3) is 8.75. The van der Waals surface area contributed by atoms with Crippen LogP contribution in [0.25, 0.3) is 0 Å². The van der Waals surface area contributed by atoms with Crippen molar-refractivity contribution in [1.82, 2.24) is 10.2 Å². The van der Waals surface area contributed by atoms with Crippen molar-refractivity contribution in [3.05, 3.63) is 125 Å². The maximum absolute atomic E-state index is 14.6. The van der Waals surface area contributed by atoms with Crippen molar-refractivity contribution in [2.24, 2.45) is 0 Å². The first-order valence-electron chi connectivity index (χ1n) is 15.4. The van der Waals surface area contributed by atoms with Crippen molar-refractivity contribution >= 4 is 27.5 Å². The highest BCUT2D eigenvalue weighted by atomic mass is 32.2. The number of methoxy groups -OCH3 is 1. The van der Waals surface area contributed by atoms with Crippen LogP contribution in [-0.4, -0.2) is 50.9 Å². The van der Waals surface area contributed by atoms with Crippen LogP contribution in [0.4, 0.5) is 5.69 Å². The Hall–Kier alpha value is -4.63. The van der Waals surface area contributed by atoms with Crippen LogP contribution >= 0.6 is 0 Å². The molecule has 0 aliphatic rings. The molecule has 4 aromatic rings. The molecule has 2 atom stereocenters. The summed E-state index contributed by atoms with van der Waals surface area (Å²) in [6.45, 7) is 7.24. The molecule has 0 unspecified atom stereocenters. The van der Waals surface area contributed by atoms with E-state index < -0.39 is 28.5 Å². The Morgan fingerprint density at radius 2 is 1.43 bits per heavy atom. The number of carbonyl (C=O) groups excluding carboxylic acids is 2. The highest BCUT2D eigenvalue weighted by molar-refractivity contribution is 7.92. The molecule has 0 aliphatic heterocycles. The maximum atomic E-state index is 14.6. The molecule has 0 saturated heterocycles. The SMILES string of the molecule is CC[C@H](C)NC(=O)[C@H](Cc1ccccc1)N(Cc1cccc(OC)c1)C(=O)CN(c1ccc(C)cc1)S(=O)(=O)c1ccc(C)cc1. The second-order valence-corrected chi connectivity index (χ2v) is 13.4. The van der Waals surface area contributed by atoms with E-state index in [1.807, 2.05) is 88.4 Å². The molecule has 46 heavy (non-hydrogen) atoms. The fraction of sp³-hybridized carbons (Fsp3) is 0.297. The van der Waals surface area contributed by atoms with Crippen molar-refractivity contribution in [2.75, 3.05) is 18.0 Å². The fourth-order valence-corrected chi connectivity index (χ4v) is 6.45. The van der Waals surface area contributed by atoms with Crippen LogP contribution in [0.1, 0.15) is 42.5 Å². The van der Waals surface area contributed by atoms with Gasteiger partial charge in [0.25, 0.3) is 10.0 Å². The summed E-state index contributed by atoms with van der Waals surface area (Å²) < 4.78 is 34.9. The number of ether oxygens (including phenoxy) is 1. The normalized spacial score (nSPS) is 12.5. The van der Waals surface area contributed by atoms with Crippen molar-refractivity contribution in [2.45, 2.75) is 64.1 Å². The molecule has 4 rings (SSSR count). The zero-order chi connectivity index (χ0) is 33.3. The van der Waals surface area contributed by atoms with Crippen molar-refractivity contribution in [3.63, 3.8) is 0 Å². The van der Waals surface area contributed by atoms with Crippen LogP contribution < -0.4 is 14.4 Å². The van der Waals surface area contributed by atoms with Crippen molar-refractivity contribution in [3.8, 4) is 5.75 Å². The fourth-order valence-electron chi connectivity index (χ4n) is 5.04. The van der Waals surface area contributed by atoms with Gasteiger partial charge in [0.1, 0.15) is 18.3 Å². The molecule has 4 aromatic carbocycles. The van der Waals surface area contributed by atoms with Gasteiger partial charge in [0.05, 0.1) is 17.7 Å². The van der Waals surface area contributed by atoms with E-state index in [2.05, 4.69) is 5.32 Å². The van der Waals surface area contributed by atoms with Gasteiger partial charge in [-0.1, -0.05) is 84.8 Å². The average Bonchev–Trinajstić information content (AvgIpc) is 3.06. The lowest BCUT2D eigenvalue weighted by atomic mass is 10.0. The van der Waals surface area contributed by atoms with E-state index in [-0.39, 0.29) is 29.8 Å². The van der Waals surface area contributed by atoms with Gasteiger partial charge in [-0.05, 0) is 74.7 Å². The molecule has 1 N–H and O–H groups in total. The number of benzene rings is 4. The second-order valence-electron chi connectivity index (χ2n) is 11.6. The molecule has 0 spiro atoms. The Morgan fingerprint density at radius 3 is 2.04 bits per heavy atom. The van der Waals surface area contributed by atoms with E-state index >= 15 is 0 Å². The number of anilines is 1. The van der Waals surface area contributed by atoms with Gasteiger partial charge in [-0.15, -0.1) is 0 Å². The predicted molar refractivity (Wildman–Crippen MR) is 182 cm³/mol. The minimum atomic E-state index is -4.16. The summed E-state index contributed by atoms with van der Waals surface area (Å²) in [5, 5.41) is 3.06. The molecule has 0 aromatic heterocycles. The first kappa shape index (κ1) is 34.2. The summed E-state index contributed by atoms with van der Waals surface area (Å²) in [5.74, 6) is -0.214. The zero-order valence-corrected chi connectivity index (χ0v) is 28.0. The molecule has 8 nitrogen and oxygen atoms in total. The third-order valence-electron chi connectivity index (χ3n) is 7.97. The van der Waals surface area contributed by atoms with Gasteiger partial charge < -0.3 is 15.0 Å². The lowest BCUT2D eigenvalue weighted by Gasteiger charge is -2.34. The van der Waals surface area contributed by atoms with E-state index in [1.165, 1.54) is 4.90 Å². The van der Waals surface area contributed by atoms with Gasteiger partial charge in [-0.25, -0.2) is 8.42 Å². The highest BCUT2D eigenvalue weighted by Crippen LogP contribution is 2.26. The quantitative estimate of drug-likeness (QED) is 0.181. The molecule has 0 fully saturated rings. The number of sulfonamides is 1. The van der Waals surface area contributed by atoms with Crippen molar-refractivity contribution in [1.29, 1.82) is 0 Å². The largest absolute Gasteiger partial charge is 0.497 e. The van der Waals surface area contributed by atoms with Crippen LogP contribution in [-0.2, 0) is 32.6 Å². The molecule has 0 saturated carbocycles. The van der Waals surface area contributed by atoms with Gasteiger partial charge in [-0.3, -0.25) is 13.9 Å². The minimum Gasteiger partial charge on any atom is -0.497 e. The lowest BCUT2D eigenvalue weighted by molar-refractivity contribution is -0.140. The minimum absolute atomic E-state index is 0.0633. The van der Waals surface area contributed by atoms with Crippen LogP contribution in [0.2, 0.25) is 0 Å². The summed E-state index contributed by atoms with van der Waals surface area (Å²) in [7, 11) is -2.59. The Bertz CT molecular complexity index is 1710. The first-order chi connectivity index (χ1) is 22.0. The Labute approximate surface area is 273 Å². The van der Waals surface area contributed by atoms with Gasteiger partial charge in [0.2, 0.25) is 11.8 Å². The molecule has 0 bridgehead atoms. The lowest BCUT2D eigenvalue weighted by Crippen LogP contribution is -2.54. The molecule has 2 amide bonds. The summed E-state index contributed by atoms with van der Waals surface area (Å²) in [6, 6.07) is 29.3. The predicted octanol–water partition coefficient (Wildman–Crippen LogP) is 6.06. The standard InChI is InChI=1S/C37H43N3O5S/c1-6-29(4)38-37(42)35(24-30-11-8-7-9-12-30)39(25-31-13-10-14-33(23-31)45-5)36(41)26-40(32-19-15-27(2)16-20-32)46(43,44)34-21-17-28(3)18-22-34/h7-23,29,35H,6,24-26H2,1-5H3,(H,38,42)/t29-,35-/m0/s1. The van der Waals surface area contributed by atoms with E-state index in [9.17, 15) is 18.0 Å². The number of aryl methyl sites for hydroxylation is 2. The Kier molecular flexibility index (Phi) is 11.6. The van der Waals surface area contributed by atoms with Crippen LogP contribution in [0.5, 0.6) is 5.75 Å². The van der Waals surface area contributed by atoms with E-state index in [0.717, 1.165) is 26.6 Å². The molecule has 0 aliphatic carbocycles. The Balaban J connectivity index is 1.81. The average molecular weight is 642 g/mol. The van der Waals surface area contributed by atoms with Crippen LogP contribution in [0, 0.1) is 13.8 Å². The number of hydrogen-bond acceptors (Lipinski definition) is 5. The molecule has 9 heteroatoms. The Morgan fingerprint density at radius 1 is 0.826 bits per heavy atom. The number of nitrogens with zero attached hydrogens (tertiary/aromatic N) is 2. The van der Waals surface area contributed by atoms with Gasteiger partial charge in [-0.2, -0.15) is 0 Å². The molecule has 0 heterocycles. The number of hydrogen-bond donors (Lipinski definition) is 1. The molecular formula is C37H43N3O5S. The first-order valence-corrected chi connectivity index (χ1v) is 16.9. The summed E-state index contributed by atoms with van der Waals surface area (Å²) >= 11 is 0. The third-order valence-corrected chi connectivity index (χ3v) is 9.76. The summed E-state index contributed by atoms with van der Waals surface area (Å²) in [5.41, 5.74) is 3.83. The number of carbonyl (C=O) groups is 2. The van der Waals surface area contributed by atoms with E-state index in [4.69, 9.17) is 4.74 Å². The number of nitrogens with one attached hydrogen (secondary N) is 1. The smallest absolute Gasteiger partial charge is 0.264 e. The van der Waals surface area contributed by atoms with E-state index in [1.54, 1.807) is 49.6 Å². The summed E-state index contributed by atoms with van der Waals surface area (Å²) in [4.78, 5) is 30.1. The topological polar surface area (TPSA) is 96.0 Å². The molecule has 0 radical (unpaired) electrons. The monoisotopic (exact) mass is 641 g/mol.